The molecule has 2 N–H and O–H groups in total. The highest BCUT2D eigenvalue weighted by molar-refractivity contribution is 5.22. The molecule has 0 aliphatic rings. The van der Waals surface area contributed by atoms with Crippen molar-refractivity contribution in [2.75, 3.05) is 13.1 Å². The second-order valence-electron chi connectivity index (χ2n) is 1.93. The summed E-state index contributed by atoms with van der Waals surface area (Å²) < 4.78 is 0. The first-order chi connectivity index (χ1) is 4.27. The summed E-state index contributed by atoms with van der Waals surface area (Å²) in [5, 5.41) is 11.5. The SMILES string of the molecule is C=NCCCNC(C)O. The van der Waals surface area contributed by atoms with Gasteiger partial charge in [0.2, 0.25) is 0 Å². The Balaban J connectivity index is 2.82. The minimum atomic E-state index is -0.408. The van der Waals surface area contributed by atoms with Gasteiger partial charge < -0.3 is 10.1 Å². The molecule has 0 aromatic carbocycles. The first-order valence-electron chi connectivity index (χ1n) is 3.11. The van der Waals surface area contributed by atoms with Gasteiger partial charge in [0.25, 0.3) is 0 Å². The summed E-state index contributed by atoms with van der Waals surface area (Å²) in [5.41, 5.74) is 0. The first kappa shape index (κ1) is 8.59. The molecule has 0 saturated carbocycles. The minimum Gasteiger partial charge on any atom is -0.379 e. The van der Waals surface area contributed by atoms with E-state index in [4.69, 9.17) is 5.11 Å². The summed E-state index contributed by atoms with van der Waals surface area (Å²) in [7, 11) is 0. The Hall–Kier alpha value is -0.410. The van der Waals surface area contributed by atoms with Gasteiger partial charge in [-0.3, -0.25) is 5.32 Å². The summed E-state index contributed by atoms with van der Waals surface area (Å²) in [6.07, 6.45) is 0.531. The molecule has 0 spiro atoms. The number of hydrogen-bond donors (Lipinski definition) is 2. The second kappa shape index (κ2) is 5.72. The fraction of sp³-hybridized carbons (Fsp3) is 0.833. The monoisotopic (exact) mass is 130 g/mol. The maximum Gasteiger partial charge on any atom is 0.102 e. The number of aliphatic hydroxyl groups is 1. The Labute approximate surface area is 55.8 Å². The Bertz CT molecular complexity index is 73.5. The van der Waals surface area contributed by atoms with Gasteiger partial charge in [-0.1, -0.05) is 0 Å². The van der Waals surface area contributed by atoms with Gasteiger partial charge in [-0.15, -0.1) is 0 Å². The van der Waals surface area contributed by atoms with Gasteiger partial charge >= 0.3 is 0 Å². The number of nitrogens with one attached hydrogen (secondary N) is 1. The van der Waals surface area contributed by atoms with Crippen LogP contribution in [-0.2, 0) is 0 Å². The van der Waals surface area contributed by atoms with Crippen molar-refractivity contribution in [1.29, 1.82) is 0 Å². The Morgan fingerprint density at radius 3 is 2.89 bits per heavy atom. The average Bonchev–Trinajstić information content (AvgIpc) is 1.80. The van der Waals surface area contributed by atoms with Crippen LogP contribution >= 0.6 is 0 Å². The number of rotatable bonds is 5. The third-order valence-corrected chi connectivity index (χ3v) is 0.933. The van der Waals surface area contributed by atoms with E-state index in [0.29, 0.717) is 0 Å². The Morgan fingerprint density at radius 2 is 2.44 bits per heavy atom. The molecule has 1 atom stereocenters. The van der Waals surface area contributed by atoms with Gasteiger partial charge in [-0.2, -0.15) is 0 Å². The molecule has 0 bridgehead atoms. The van der Waals surface area contributed by atoms with Crippen LogP contribution in [0, 0.1) is 0 Å². The molecule has 0 aromatic rings. The zero-order valence-corrected chi connectivity index (χ0v) is 5.80. The average molecular weight is 130 g/mol. The van der Waals surface area contributed by atoms with Gasteiger partial charge in [0, 0.05) is 6.54 Å². The summed E-state index contributed by atoms with van der Waals surface area (Å²) in [4.78, 5) is 3.66. The normalized spacial score (nSPS) is 13.1. The largest absolute Gasteiger partial charge is 0.379 e. The van der Waals surface area contributed by atoms with E-state index in [1.165, 1.54) is 0 Å². The van der Waals surface area contributed by atoms with Crippen LogP contribution < -0.4 is 5.32 Å². The van der Waals surface area contributed by atoms with E-state index in [9.17, 15) is 0 Å². The van der Waals surface area contributed by atoms with E-state index in [-0.39, 0.29) is 0 Å². The lowest BCUT2D eigenvalue weighted by Crippen LogP contribution is -2.26. The molecule has 0 radical (unpaired) electrons. The van der Waals surface area contributed by atoms with Crippen LogP contribution in [0.4, 0.5) is 0 Å². The van der Waals surface area contributed by atoms with Gasteiger partial charge in [-0.25, -0.2) is 0 Å². The van der Waals surface area contributed by atoms with Crippen molar-refractivity contribution < 1.29 is 5.11 Å². The molecular weight excluding hydrogens is 116 g/mol. The summed E-state index contributed by atoms with van der Waals surface area (Å²) >= 11 is 0. The fourth-order valence-corrected chi connectivity index (χ4v) is 0.502. The fourth-order valence-electron chi connectivity index (χ4n) is 0.502. The molecule has 0 fully saturated rings. The topological polar surface area (TPSA) is 44.6 Å². The molecule has 0 amide bonds. The highest BCUT2D eigenvalue weighted by Crippen LogP contribution is 1.78. The smallest absolute Gasteiger partial charge is 0.102 e. The molecular formula is C6H14N2O. The number of hydrogen-bond acceptors (Lipinski definition) is 3. The highest BCUT2D eigenvalue weighted by Gasteiger charge is 1.89. The number of nitrogens with zero attached hydrogens (tertiary/aromatic N) is 1. The molecule has 9 heavy (non-hydrogen) atoms. The molecule has 1 unspecified atom stereocenters. The van der Waals surface area contributed by atoms with Crippen LogP contribution in [0.5, 0.6) is 0 Å². The van der Waals surface area contributed by atoms with Gasteiger partial charge in [0.1, 0.15) is 6.23 Å². The maximum atomic E-state index is 8.69. The van der Waals surface area contributed by atoms with E-state index in [2.05, 4.69) is 17.0 Å². The van der Waals surface area contributed by atoms with Crippen LogP contribution in [-0.4, -0.2) is 31.1 Å². The summed E-state index contributed by atoms with van der Waals surface area (Å²) in [6.45, 7) is 6.60. The molecule has 0 aliphatic heterocycles. The third-order valence-electron chi connectivity index (χ3n) is 0.933. The van der Waals surface area contributed by atoms with Gasteiger partial charge in [-0.05, 0) is 26.6 Å². The van der Waals surface area contributed by atoms with E-state index in [0.717, 1.165) is 19.5 Å². The van der Waals surface area contributed by atoms with E-state index >= 15 is 0 Å². The molecule has 0 heterocycles. The lowest BCUT2D eigenvalue weighted by atomic mass is 10.4. The van der Waals surface area contributed by atoms with Crippen molar-refractivity contribution in [3.63, 3.8) is 0 Å². The molecule has 0 rings (SSSR count). The van der Waals surface area contributed by atoms with Crippen LogP contribution in [0.15, 0.2) is 4.99 Å². The predicted molar refractivity (Wildman–Crippen MR) is 38.7 cm³/mol. The number of aliphatic imine (C=N–C) groups is 1. The van der Waals surface area contributed by atoms with Crippen molar-refractivity contribution in [2.24, 2.45) is 4.99 Å². The lowest BCUT2D eigenvalue weighted by Gasteiger charge is -2.04. The van der Waals surface area contributed by atoms with Crippen LogP contribution in [0.2, 0.25) is 0 Å². The van der Waals surface area contributed by atoms with Crippen molar-refractivity contribution in [3.8, 4) is 0 Å². The summed E-state index contributed by atoms with van der Waals surface area (Å²) in [6, 6.07) is 0. The third kappa shape index (κ3) is 7.59. The quantitative estimate of drug-likeness (QED) is 0.313. The molecule has 54 valence electrons. The van der Waals surface area contributed by atoms with Crippen molar-refractivity contribution in [2.45, 2.75) is 19.6 Å². The number of aliphatic hydroxyl groups excluding tert-OH is 1. The Kier molecular flexibility index (Phi) is 5.46. The highest BCUT2D eigenvalue weighted by atomic mass is 16.3. The van der Waals surface area contributed by atoms with Crippen LogP contribution in [0.3, 0.4) is 0 Å². The standard InChI is InChI=1S/C6H14N2O/c1-6(9)8-5-3-4-7-2/h6,8-9H,2-5H2,1H3. The zero-order chi connectivity index (χ0) is 7.11. The van der Waals surface area contributed by atoms with Crippen molar-refractivity contribution >= 4 is 6.72 Å². The van der Waals surface area contributed by atoms with E-state index in [1.54, 1.807) is 6.92 Å². The van der Waals surface area contributed by atoms with E-state index < -0.39 is 6.23 Å². The van der Waals surface area contributed by atoms with Crippen LogP contribution in [0.1, 0.15) is 13.3 Å². The molecule has 0 aromatic heterocycles. The maximum absolute atomic E-state index is 8.69. The van der Waals surface area contributed by atoms with E-state index in [1.807, 2.05) is 0 Å². The van der Waals surface area contributed by atoms with Gasteiger partial charge in [0.05, 0.1) is 0 Å². The van der Waals surface area contributed by atoms with Crippen LogP contribution in [0.25, 0.3) is 0 Å². The molecule has 3 heteroatoms. The second-order valence-corrected chi connectivity index (χ2v) is 1.93. The van der Waals surface area contributed by atoms with Crippen molar-refractivity contribution in [1.82, 2.24) is 5.32 Å². The minimum absolute atomic E-state index is 0.408. The first-order valence-corrected chi connectivity index (χ1v) is 3.11. The summed E-state index contributed by atoms with van der Waals surface area (Å²) in [5.74, 6) is 0. The predicted octanol–water partition coefficient (Wildman–Crippen LogP) is 0.00500. The molecule has 0 saturated heterocycles. The van der Waals surface area contributed by atoms with Crippen molar-refractivity contribution in [3.05, 3.63) is 0 Å². The zero-order valence-electron chi connectivity index (χ0n) is 5.80. The van der Waals surface area contributed by atoms with Gasteiger partial charge in [0.15, 0.2) is 0 Å². The molecule has 0 aliphatic carbocycles. The lowest BCUT2D eigenvalue weighted by molar-refractivity contribution is 0.157. The Morgan fingerprint density at radius 1 is 1.78 bits per heavy atom. The molecule has 3 nitrogen and oxygen atoms in total.